The second-order valence-electron chi connectivity index (χ2n) is 3.97. The zero-order chi connectivity index (χ0) is 13.7. The Balaban J connectivity index is 2.17. The number of ether oxygens (including phenoxy) is 2. The van der Waals surface area contributed by atoms with Gasteiger partial charge in [0.15, 0.2) is 0 Å². The lowest BCUT2D eigenvalue weighted by Gasteiger charge is -2.11. The van der Waals surface area contributed by atoms with Gasteiger partial charge in [0.05, 0.1) is 12.7 Å². The summed E-state index contributed by atoms with van der Waals surface area (Å²) in [5.74, 6) is 1.23. The van der Waals surface area contributed by atoms with E-state index in [1.54, 1.807) is 37.4 Å². The van der Waals surface area contributed by atoms with Crippen LogP contribution in [-0.2, 0) is 6.61 Å². The van der Waals surface area contributed by atoms with Crippen LogP contribution in [-0.4, -0.2) is 7.11 Å². The maximum atomic E-state index is 8.98. The van der Waals surface area contributed by atoms with E-state index in [2.05, 4.69) is 6.07 Å². The first kappa shape index (κ1) is 12.8. The van der Waals surface area contributed by atoms with E-state index in [0.717, 1.165) is 5.56 Å². The number of nitrogens with zero attached hydrogens (tertiary/aromatic N) is 1. The fourth-order valence-electron chi connectivity index (χ4n) is 1.72. The fourth-order valence-corrected chi connectivity index (χ4v) is 1.72. The molecule has 4 nitrogen and oxygen atoms in total. The van der Waals surface area contributed by atoms with Gasteiger partial charge in [-0.15, -0.1) is 0 Å². The average Bonchev–Trinajstić information content (AvgIpc) is 2.46. The van der Waals surface area contributed by atoms with Crippen LogP contribution in [0.5, 0.6) is 11.5 Å². The van der Waals surface area contributed by atoms with Crippen molar-refractivity contribution < 1.29 is 9.47 Å². The molecule has 0 atom stereocenters. The monoisotopic (exact) mass is 254 g/mol. The first-order chi connectivity index (χ1) is 9.24. The van der Waals surface area contributed by atoms with E-state index in [1.807, 2.05) is 12.1 Å². The molecule has 0 aromatic heterocycles. The van der Waals surface area contributed by atoms with Crippen molar-refractivity contribution in [2.75, 3.05) is 12.8 Å². The summed E-state index contributed by atoms with van der Waals surface area (Å²) in [5, 5.41) is 8.98. The minimum atomic E-state index is 0.322. The van der Waals surface area contributed by atoms with Gasteiger partial charge >= 0.3 is 0 Å². The third-order valence-electron chi connectivity index (χ3n) is 2.70. The molecule has 96 valence electrons. The molecule has 2 rings (SSSR count). The normalized spacial score (nSPS) is 9.68. The quantitative estimate of drug-likeness (QED) is 0.852. The number of para-hydroxylation sites is 1. The molecular formula is C15H14N2O2. The molecule has 0 unspecified atom stereocenters. The van der Waals surface area contributed by atoms with Gasteiger partial charge in [0.25, 0.3) is 0 Å². The Morgan fingerprint density at radius 1 is 1.16 bits per heavy atom. The fraction of sp³-hybridized carbons (Fsp3) is 0.133. The molecule has 0 saturated carbocycles. The van der Waals surface area contributed by atoms with Crippen LogP contribution in [0.25, 0.3) is 0 Å². The second kappa shape index (κ2) is 5.78. The molecule has 0 spiro atoms. The number of hydrogen-bond acceptors (Lipinski definition) is 4. The predicted molar refractivity (Wildman–Crippen MR) is 72.9 cm³/mol. The zero-order valence-corrected chi connectivity index (χ0v) is 10.6. The lowest BCUT2D eigenvalue weighted by atomic mass is 10.2. The summed E-state index contributed by atoms with van der Waals surface area (Å²) in [6, 6.07) is 14.6. The summed E-state index contributed by atoms with van der Waals surface area (Å²) in [6.07, 6.45) is 0. The Morgan fingerprint density at radius 3 is 2.68 bits per heavy atom. The lowest BCUT2D eigenvalue weighted by molar-refractivity contribution is 0.296. The summed E-state index contributed by atoms with van der Waals surface area (Å²) in [4.78, 5) is 0. The van der Waals surface area contributed by atoms with Gasteiger partial charge in [-0.05, 0) is 24.3 Å². The van der Waals surface area contributed by atoms with Crippen LogP contribution >= 0.6 is 0 Å². The molecule has 4 heteroatoms. The van der Waals surface area contributed by atoms with Crippen LogP contribution in [0.1, 0.15) is 11.1 Å². The number of anilines is 1. The van der Waals surface area contributed by atoms with Gasteiger partial charge in [-0.2, -0.15) is 5.26 Å². The highest BCUT2D eigenvalue weighted by atomic mass is 16.5. The number of methoxy groups -OCH3 is 1. The maximum absolute atomic E-state index is 8.98. The summed E-state index contributed by atoms with van der Waals surface area (Å²) < 4.78 is 10.9. The second-order valence-corrected chi connectivity index (χ2v) is 3.97. The van der Waals surface area contributed by atoms with Crippen LogP contribution in [0.15, 0.2) is 42.5 Å². The van der Waals surface area contributed by atoms with Crippen LogP contribution in [0.4, 0.5) is 5.69 Å². The van der Waals surface area contributed by atoms with Crippen molar-refractivity contribution in [3.63, 3.8) is 0 Å². The molecule has 0 aliphatic heterocycles. The summed E-state index contributed by atoms with van der Waals surface area (Å²) in [7, 11) is 1.58. The third kappa shape index (κ3) is 2.96. The van der Waals surface area contributed by atoms with Crippen molar-refractivity contribution in [3.05, 3.63) is 53.6 Å². The summed E-state index contributed by atoms with van der Waals surface area (Å²) in [5.41, 5.74) is 7.72. The van der Waals surface area contributed by atoms with E-state index in [1.165, 1.54) is 0 Å². The van der Waals surface area contributed by atoms with Gasteiger partial charge in [-0.25, -0.2) is 0 Å². The highest BCUT2D eigenvalue weighted by Crippen LogP contribution is 2.24. The van der Waals surface area contributed by atoms with E-state index in [9.17, 15) is 0 Å². The number of hydrogen-bond donors (Lipinski definition) is 1. The first-order valence-electron chi connectivity index (χ1n) is 5.79. The topological polar surface area (TPSA) is 68.3 Å². The molecule has 2 aromatic rings. The van der Waals surface area contributed by atoms with Crippen molar-refractivity contribution in [2.24, 2.45) is 0 Å². The zero-order valence-electron chi connectivity index (χ0n) is 10.6. The molecule has 2 aromatic carbocycles. The van der Waals surface area contributed by atoms with E-state index in [-0.39, 0.29) is 0 Å². The highest BCUT2D eigenvalue weighted by molar-refractivity contribution is 5.49. The maximum Gasteiger partial charge on any atom is 0.137 e. The number of nitrogens with two attached hydrogens (primary N) is 1. The Morgan fingerprint density at radius 2 is 1.95 bits per heavy atom. The van der Waals surface area contributed by atoms with Crippen molar-refractivity contribution >= 4 is 5.69 Å². The Hall–Kier alpha value is -2.67. The third-order valence-corrected chi connectivity index (χ3v) is 2.70. The van der Waals surface area contributed by atoms with Gasteiger partial charge in [-0.3, -0.25) is 0 Å². The molecule has 0 heterocycles. The highest BCUT2D eigenvalue weighted by Gasteiger charge is 2.06. The van der Waals surface area contributed by atoms with Crippen molar-refractivity contribution in [2.45, 2.75) is 6.61 Å². The Kier molecular flexibility index (Phi) is 3.89. The Labute approximate surface area is 112 Å². The predicted octanol–water partition coefficient (Wildman–Crippen LogP) is 2.73. The first-order valence-corrected chi connectivity index (χ1v) is 5.79. The SMILES string of the molecule is COc1cc(N)ccc1COc1ccccc1C#N. The number of benzene rings is 2. The summed E-state index contributed by atoms with van der Waals surface area (Å²) in [6.45, 7) is 0.322. The van der Waals surface area contributed by atoms with Gasteiger partial charge in [-0.1, -0.05) is 12.1 Å². The number of nitrogen functional groups attached to an aromatic ring is 1. The van der Waals surface area contributed by atoms with Gasteiger partial charge in [0.2, 0.25) is 0 Å². The number of nitriles is 1. The van der Waals surface area contributed by atoms with E-state index >= 15 is 0 Å². The molecule has 0 radical (unpaired) electrons. The van der Waals surface area contributed by atoms with Crippen LogP contribution in [0, 0.1) is 11.3 Å². The smallest absolute Gasteiger partial charge is 0.137 e. The van der Waals surface area contributed by atoms with Gasteiger partial charge < -0.3 is 15.2 Å². The number of rotatable bonds is 4. The molecule has 0 aliphatic carbocycles. The van der Waals surface area contributed by atoms with E-state index in [4.69, 9.17) is 20.5 Å². The lowest BCUT2D eigenvalue weighted by Crippen LogP contribution is -2.00. The van der Waals surface area contributed by atoms with Crippen LogP contribution in [0.2, 0.25) is 0 Å². The minimum Gasteiger partial charge on any atom is -0.496 e. The molecule has 0 bridgehead atoms. The van der Waals surface area contributed by atoms with Crippen molar-refractivity contribution in [1.82, 2.24) is 0 Å². The van der Waals surface area contributed by atoms with E-state index in [0.29, 0.717) is 29.4 Å². The Bertz CT molecular complexity index is 618. The summed E-state index contributed by atoms with van der Waals surface area (Å²) >= 11 is 0. The van der Waals surface area contributed by atoms with Gasteiger partial charge in [0.1, 0.15) is 24.2 Å². The molecule has 19 heavy (non-hydrogen) atoms. The minimum absolute atomic E-state index is 0.322. The van der Waals surface area contributed by atoms with Crippen LogP contribution < -0.4 is 15.2 Å². The molecule has 0 fully saturated rings. The molecule has 0 aliphatic rings. The standard InChI is InChI=1S/C15H14N2O2/c1-18-15-8-13(17)7-6-12(15)10-19-14-5-3-2-4-11(14)9-16/h2-8H,10,17H2,1H3. The van der Waals surface area contributed by atoms with Crippen molar-refractivity contribution in [3.8, 4) is 17.6 Å². The molecule has 0 saturated heterocycles. The van der Waals surface area contributed by atoms with Crippen molar-refractivity contribution in [1.29, 1.82) is 5.26 Å². The average molecular weight is 254 g/mol. The largest absolute Gasteiger partial charge is 0.496 e. The molecular weight excluding hydrogens is 240 g/mol. The van der Waals surface area contributed by atoms with Crippen LogP contribution in [0.3, 0.4) is 0 Å². The van der Waals surface area contributed by atoms with Gasteiger partial charge in [0, 0.05) is 17.3 Å². The molecule has 0 amide bonds. The molecule has 2 N–H and O–H groups in total. The van der Waals surface area contributed by atoms with E-state index < -0.39 is 0 Å².